The van der Waals surface area contributed by atoms with E-state index in [2.05, 4.69) is 15.3 Å². The summed E-state index contributed by atoms with van der Waals surface area (Å²) in [5.41, 5.74) is 2.39. The molecule has 3 saturated heterocycles. The highest BCUT2D eigenvalue weighted by molar-refractivity contribution is 6.02. The summed E-state index contributed by atoms with van der Waals surface area (Å²) >= 11 is 0. The van der Waals surface area contributed by atoms with Gasteiger partial charge in [-0.2, -0.15) is 5.10 Å². The molecule has 5 heteroatoms. The zero-order valence-electron chi connectivity index (χ0n) is 12.2. The first-order valence-electron chi connectivity index (χ1n) is 7.69. The average Bonchev–Trinajstić information content (AvgIpc) is 2.84. The summed E-state index contributed by atoms with van der Waals surface area (Å²) < 4.78 is 1.78. The molecular formula is C16H20N4O. The van der Waals surface area contributed by atoms with Crippen molar-refractivity contribution in [2.75, 3.05) is 19.6 Å². The Hall–Kier alpha value is -1.88. The van der Waals surface area contributed by atoms with Crippen molar-refractivity contribution in [2.45, 2.75) is 25.8 Å². The molecule has 5 heterocycles. The number of carbonyl (C=O) groups excluding carboxylic acids is 1. The van der Waals surface area contributed by atoms with Crippen LogP contribution in [0.15, 0.2) is 24.4 Å². The third kappa shape index (κ3) is 2.12. The van der Waals surface area contributed by atoms with Crippen LogP contribution in [-0.2, 0) is 0 Å². The lowest BCUT2D eigenvalue weighted by Crippen LogP contribution is -2.57. The van der Waals surface area contributed by atoms with Crippen molar-refractivity contribution in [2.24, 2.45) is 5.92 Å². The largest absolute Gasteiger partial charge is 0.348 e. The van der Waals surface area contributed by atoms with Crippen LogP contribution in [0, 0.1) is 12.8 Å². The lowest BCUT2D eigenvalue weighted by atomic mass is 9.84. The van der Waals surface area contributed by atoms with Crippen molar-refractivity contribution in [3.05, 3.63) is 35.7 Å². The van der Waals surface area contributed by atoms with E-state index >= 15 is 0 Å². The summed E-state index contributed by atoms with van der Waals surface area (Å²) in [6, 6.07) is 6.11. The van der Waals surface area contributed by atoms with Gasteiger partial charge in [0.15, 0.2) is 0 Å². The first kappa shape index (κ1) is 12.8. The number of pyridine rings is 1. The Balaban J connectivity index is 1.60. The molecule has 21 heavy (non-hydrogen) atoms. The van der Waals surface area contributed by atoms with E-state index < -0.39 is 0 Å². The lowest BCUT2D eigenvalue weighted by Gasteiger charge is -2.44. The molecule has 0 spiro atoms. The highest BCUT2D eigenvalue weighted by Crippen LogP contribution is 2.28. The summed E-state index contributed by atoms with van der Waals surface area (Å²) in [4.78, 5) is 15.2. The Morgan fingerprint density at radius 2 is 2.14 bits per heavy atom. The topological polar surface area (TPSA) is 49.6 Å². The molecule has 0 aromatic carbocycles. The first-order valence-corrected chi connectivity index (χ1v) is 7.69. The maximum atomic E-state index is 12.7. The molecule has 1 amide bonds. The number of nitrogens with one attached hydrogen (secondary N) is 1. The number of aromatic nitrogens is 2. The van der Waals surface area contributed by atoms with Crippen molar-refractivity contribution in [1.82, 2.24) is 19.8 Å². The molecule has 110 valence electrons. The van der Waals surface area contributed by atoms with E-state index in [4.69, 9.17) is 0 Å². The second-order valence-corrected chi connectivity index (χ2v) is 6.21. The standard InChI is InChI=1S/C16H20N4O/c1-11-15(14-4-2-3-7-20(14)18-11)16(21)17-13-10-19-8-5-12(13)6-9-19/h2-4,7,12-13H,5-6,8-10H2,1H3,(H,17,21). The smallest absolute Gasteiger partial charge is 0.255 e. The molecule has 3 aliphatic rings. The van der Waals surface area contributed by atoms with Crippen molar-refractivity contribution >= 4 is 11.4 Å². The van der Waals surface area contributed by atoms with Crippen LogP contribution < -0.4 is 5.32 Å². The second-order valence-electron chi connectivity index (χ2n) is 6.21. The normalized spacial score (nSPS) is 28.0. The van der Waals surface area contributed by atoms with E-state index in [1.807, 2.05) is 31.3 Å². The Morgan fingerprint density at radius 1 is 1.33 bits per heavy atom. The van der Waals surface area contributed by atoms with Gasteiger partial charge >= 0.3 is 0 Å². The fraction of sp³-hybridized carbons (Fsp3) is 0.500. The van der Waals surface area contributed by atoms with Gasteiger partial charge in [0.2, 0.25) is 0 Å². The Morgan fingerprint density at radius 3 is 2.86 bits per heavy atom. The number of hydrogen-bond donors (Lipinski definition) is 1. The fourth-order valence-corrected chi connectivity index (χ4v) is 3.77. The van der Waals surface area contributed by atoms with Gasteiger partial charge in [-0.3, -0.25) is 4.79 Å². The van der Waals surface area contributed by atoms with E-state index in [1.165, 1.54) is 25.9 Å². The number of nitrogens with zero attached hydrogens (tertiary/aromatic N) is 3. The SMILES string of the molecule is Cc1nn2ccccc2c1C(=O)NC1CN2CCC1CC2. The molecule has 1 N–H and O–H groups in total. The van der Waals surface area contributed by atoms with Crippen molar-refractivity contribution in [3.63, 3.8) is 0 Å². The van der Waals surface area contributed by atoms with E-state index in [-0.39, 0.29) is 11.9 Å². The molecule has 3 fully saturated rings. The van der Waals surface area contributed by atoms with Gasteiger partial charge in [0.1, 0.15) is 0 Å². The summed E-state index contributed by atoms with van der Waals surface area (Å²) in [6.07, 6.45) is 4.30. The molecule has 2 aromatic rings. The minimum Gasteiger partial charge on any atom is -0.348 e. The number of aryl methyl sites for hydroxylation is 1. The number of rotatable bonds is 2. The van der Waals surface area contributed by atoms with Crippen LogP contribution in [-0.4, -0.2) is 46.1 Å². The first-order chi connectivity index (χ1) is 10.2. The molecule has 3 aliphatic heterocycles. The predicted octanol–water partition coefficient (Wildman–Crippen LogP) is 1.47. The summed E-state index contributed by atoms with van der Waals surface area (Å²) in [5, 5.41) is 7.67. The van der Waals surface area contributed by atoms with Crippen LogP contribution in [0.5, 0.6) is 0 Å². The summed E-state index contributed by atoms with van der Waals surface area (Å²) in [7, 11) is 0. The molecule has 5 nitrogen and oxygen atoms in total. The minimum atomic E-state index is 0.0208. The highest BCUT2D eigenvalue weighted by atomic mass is 16.1. The molecule has 2 bridgehead atoms. The number of hydrogen-bond acceptors (Lipinski definition) is 3. The van der Waals surface area contributed by atoms with Gasteiger partial charge in [-0.25, -0.2) is 4.52 Å². The third-order valence-corrected chi connectivity index (χ3v) is 4.91. The van der Waals surface area contributed by atoms with Gasteiger partial charge in [-0.05, 0) is 50.9 Å². The van der Waals surface area contributed by atoms with Gasteiger partial charge in [-0.15, -0.1) is 0 Å². The number of fused-ring (bicyclic) bond motifs is 4. The zero-order valence-corrected chi connectivity index (χ0v) is 12.2. The summed E-state index contributed by atoms with van der Waals surface area (Å²) in [5.74, 6) is 0.661. The van der Waals surface area contributed by atoms with Crippen molar-refractivity contribution < 1.29 is 4.79 Å². The molecule has 2 aromatic heterocycles. The number of carbonyl (C=O) groups is 1. The van der Waals surface area contributed by atoms with Gasteiger partial charge < -0.3 is 10.2 Å². The third-order valence-electron chi connectivity index (χ3n) is 4.91. The van der Waals surface area contributed by atoms with Gasteiger partial charge in [0, 0.05) is 18.8 Å². The predicted molar refractivity (Wildman–Crippen MR) is 80.3 cm³/mol. The Labute approximate surface area is 123 Å². The lowest BCUT2D eigenvalue weighted by molar-refractivity contribution is 0.0621. The Kier molecular flexibility index (Phi) is 2.96. The molecule has 1 atom stereocenters. The van der Waals surface area contributed by atoms with Gasteiger partial charge in [-0.1, -0.05) is 6.07 Å². The number of piperidine rings is 3. The fourth-order valence-electron chi connectivity index (χ4n) is 3.77. The maximum absolute atomic E-state index is 12.7. The van der Waals surface area contributed by atoms with Crippen LogP contribution in [0.1, 0.15) is 28.9 Å². The number of amides is 1. The highest BCUT2D eigenvalue weighted by Gasteiger charge is 2.35. The molecule has 5 rings (SSSR count). The molecule has 0 radical (unpaired) electrons. The quantitative estimate of drug-likeness (QED) is 0.908. The minimum absolute atomic E-state index is 0.0208. The zero-order chi connectivity index (χ0) is 14.4. The van der Waals surface area contributed by atoms with Crippen LogP contribution in [0.2, 0.25) is 0 Å². The molecule has 0 aliphatic carbocycles. The van der Waals surface area contributed by atoms with Crippen LogP contribution in [0.3, 0.4) is 0 Å². The van der Waals surface area contributed by atoms with E-state index in [1.54, 1.807) is 4.52 Å². The van der Waals surface area contributed by atoms with Crippen LogP contribution >= 0.6 is 0 Å². The second kappa shape index (κ2) is 4.84. The molecular weight excluding hydrogens is 264 g/mol. The molecule has 0 saturated carbocycles. The Bertz CT molecular complexity index is 685. The van der Waals surface area contributed by atoms with E-state index in [0.717, 1.165) is 17.8 Å². The van der Waals surface area contributed by atoms with Crippen LogP contribution in [0.25, 0.3) is 5.52 Å². The van der Waals surface area contributed by atoms with Gasteiger partial charge in [0.05, 0.1) is 16.8 Å². The monoisotopic (exact) mass is 284 g/mol. The summed E-state index contributed by atoms with van der Waals surface area (Å²) in [6.45, 7) is 5.27. The van der Waals surface area contributed by atoms with Crippen molar-refractivity contribution in [1.29, 1.82) is 0 Å². The average molecular weight is 284 g/mol. The van der Waals surface area contributed by atoms with E-state index in [9.17, 15) is 4.79 Å². The van der Waals surface area contributed by atoms with E-state index in [0.29, 0.717) is 11.5 Å². The molecule has 1 unspecified atom stereocenters. The van der Waals surface area contributed by atoms with Crippen molar-refractivity contribution in [3.8, 4) is 0 Å². The van der Waals surface area contributed by atoms with Gasteiger partial charge in [0.25, 0.3) is 5.91 Å². The van der Waals surface area contributed by atoms with Crippen LogP contribution in [0.4, 0.5) is 0 Å². The maximum Gasteiger partial charge on any atom is 0.255 e.